The maximum atomic E-state index is 9.96. The predicted molar refractivity (Wildman–Crippen MR) is 54.3 cm³/mol. The Balaban J connectivity index is 2.92. The molecule has 0 aliphatic heterocycles. The van der Waals surface area contributed by atoms with Crippen LogP contribution in [-0.4, -0.2) is 28.1 Å². The molecular formula is C9H15ClN2O2. The quantitative estimate of drug-likeness (QED) is 0.834. The number of hydrogen-bond acceptors (Lipinski definition) is 3. The molecular weight excluding hydrogens is 204 g/mol. The van der Waals surface area contributed by atoms with Gasteiger partial charge in [0.2, 0.25) is 0 Å². The first-order valence-electron chi connectivity index (χ1n) is 4.50. The Kier molecular flexibility index (Phi) is 3.92. The highest BCUT2D eigenvalue weighted by molar-refractivity contribution is 6.31. The molecule has 1 aromatic rings. The van der Waals surface area contributed by atoms with E-state index in [0.29, 0.717) is 10.7 Å². The van der Waals surface area contributed by atoms with E-state index in [-0.39, 0.29) is 6.10 Å². The van der Waals surface area contributed by atoms with E-state index in [1.165, 1.54) is 6.20 Å². The van der Waals surface area contributed by atoms with Crippen LogP contribution in [0.4, 0.5) is 0 Å². The number of ether oxygens (including phenoxy) is 1. The fourth-order valence-corrected chi connectivity index (χ4v) is 1.73. The Morgan fingerprint density at radius 2 is 2.36 bits per heavy atom. The minimum atomic E-state index is -0.731. The molecule has 1 rings (SSSR count). The SMILES string of the molecule is CCC(OC)C(O)c1c(Cl)cnn1C. The number of aryl methyl sites for hydroxylation is 1. The first kappa shape index (κ1) is 11.5. The summed E-state index contributed by atoms with van der Waals surface area (Å²) in [4.78, 5) is 0. The summed E-state index contributed by atoms with van der Waals surface area (Å²) in [6.45, 7) is 1.95. The van der Waals surface area contributed by atoms with Gasteiger partial charge in [0.15, 0.2) is 0 Å². The number of halogens is 1. The molecule has 2 atom stereocenters. The van der Waals surface area contributed by atoms with Crippen LogP contribution in [0.15, 0.2) is 6.20 Å². The minimum absolute atomic E-state index is 0.247. The zero-order valence-electron chi connectivity index (χ0n) is 8.57. The van der Waals surface area contributed by atoms with E-state index in [1.807, 2.05) is 6.92 Å². The molecule has 0 amide bonds. The molecule has 0 aliphatic rings. The fraction of sp³-hybridized carbons (Fsp3) is 0.667. The maximum absolute atomic E-state index is 9.96. The Hall–Kier alpha value is -0.580. The molecule has 0 spiro atoms. The lowest BCUT2D eigenvalue weighted by molar-refractivity contribution is -0.0185. The molecule has 0 saturated heterocycles. The summed E-state index contributed by atoms with van der Waals surface area (Å²) in [5.74, 6) is 0. The van der Waals surface area contributed by atoms with Gasteiger partial charge in [0, 0.05) is 14.2 Å². The lowest BCUT2D eigenvalue weighted by Gasteiger charge is -2.20. The van der Waals surface area contributed by atoms with Crippen molar-refractivity contribution >= 4 is 11.6 Å². The third-order valence-electron chi connectivity index (χ3n) is 2.28. The number of hydrogen-bond donors (Lipinski definition) is 1. The summed E-state index contributed by atoms with van der Waals surface area (Å²) >= 11 is 5.90. The Bertz CT molecular complexity index is 278. The zero-order valence-corrected chi connectivity index (χ0v) is 9.32. The van der Waals surface area contributed by atoms with Gasteiger partial charge >= 0.3 is 0 Å². The van der Waals surface area contributed by atoms with Gasteiger partial charge in [0.1, 0.15) is 6.10 Å². The molecule has 5 heteroatoms. The highest BCUT2D eigenvalue weighted by Crippen LogP contribution is 2.26. The van der Waals surface area contributed by atoms with Gasteiger partial charge in [0.25, 0.3) is 0 Å². The summed E-state index contributed by atoms with van der Waals surface area (Å²) in [6, 6.07) is 0. The largest absolute Gasteiger partial charge is 0.384 e. The smallest absolute Gasteiger partial charge is 0.123 e. The van der Waals surface area contributed by atoms with Crippen LogP contribution in [0.3, 0.4) is 0 Å². The van der Waals surface area contributed by atoms with E-state index >= 15 is 0 Å². The topological polar surface area (TPSA) is 47.3 Å². The number of aromatic nitrogens is 2. The van der Waals surface area contributed by atoms with Gasteiger partial charge in [-0.25, -0.2) is 0 Å². The second kappa shape index (κ2) is 4.77. The van der Waals surface area contributed by atoms with Crippen molar-refractivity contribution in [3.8, 4) is 0 Å². The van der Waals surface area contributed by atoms with Crippen LogP contribution in [0.1, 0.15) is 25.1 Å². The van der Waals surface area contributed by atoms with Crippen molar-refractivity contribution in [2.45, 2.75) is 25.6 Å². The van der Waals surface area contributed by atoms with E-state index in [2.05, 4.69) is 5.10 Å². The summed E-state index contributed by atoms with van der Waals surface area (Å²) < 4.78 is 6.71. The molecule has 0 saturated carbocycles. The van der Waals surface area contributed by atoms with Crippen LogP contribution in [0.5, 0.6) is 0 Å². The average molecular weight is 219 g/mol. The number of rotatable bonds is 4. The van der Waals surface area contributed by atoms with Crippen molar-refractivity contribution in [1.29, 1.82) is 0 Å². The predicted octanol–water partition coefficient (Wildman–Crippen LogP) is 1.53. The van der Waals surface area contributed by atoms with Gasteiger partial charge in [0.05, 0.1) is 23.0 Å². The zero-order chi connectivity index (χ0) is 10.7. The average Bonchev–Trinajstić information content (AvgIpc) is 2.48. The second-order valence-electron chi connectivity index (χ2n) is 3.13. The molecule has 0 fully saturated rings. The molecule has 80 valence electrons. The van der Waals surface area contributed by atoms with E-state index in [9.17, 15) is 5.11 Å². The van der Waals surface area contributed by atoms with Crippen molar-refractivity contribution < 1.29 is 9.84 Å². The number of aliphatic hydroxyl groups is 1. The molecule has 0 radical (unpaired) electrons. The summed E-state index contributed by atoms with van der Waals surface area (Å²) in [5, 5.41) is 14.4. The molecule has 0 aromatic carbocycles. The Morgan fingerprint density at radius 3 is 2.71 bits per heavy atom. The summed E-state index contributed by atoms with van der Waals surface area (Å²) in [6.07, 6.45) is 1.26. The van der Waals surface area contributed by atoms with Gasteiger partial charge in [-0.2, -0.15) is 5.10 Å². The standard InChI is InChI=1S/C9H15ClN2O2/c1-4-7(14-3)9(13)8-6(10)5-11-12(8)2/h5,7,9,13H,4H2,1-3H3. The normalized spacial score (nSPS) is 15.5. The van der Waals surface area contributed by atoms with Crippen molar-refractivity contribution in [2.75, 3.05) is 7.11 Å². The second-order valence-corrected chi connectivity index (χ2v) is 3.54. The molecule has 0 aliphatic carbocycles. The van der Waals surface area contributed by atoms with Gasteiger partial charge in [-0.05, 0) is 6.42 Å². The monoisotopic (exact) mass is 218 g/mol. The molecule has 2 unspecified atom stereocenters. The van der Waals surface area contributed by atoms with Gasteiger partial charge in [-0.15, -0.1) is 0 Å². The summed E-state index contributed by atoms with van der Waals surface area (Å²) in [7, 11) is 3.31. The molecule has 1 heterocycles. The Morgan fingerprint density at radius 1 is 1.71 bits per heavy atom. The van der Waals surface area contributed by atoms with E-state index < -0.39 is 6.10 Å². The van der Waals surface area contributed by atoms with Crippen LogP contribution in [0.2, 0.25) is 5.02 Å². The molecule has 1 aromatic heterocycles. The van der Waals surface area contributed by atoms with Crippen molar-refractivity contribution in [1.82, 2.24) is 9.78 Å². The maximum Gasteiger partial charge on any atom is 0.123 e. The summed E-state index contributed by atoms with van der Waals surface area (Å²) in [5.41, 5.74) is 0.598. The molecule has 4 nitrogen and oxygen atoms in total. The van der Waals surface area contributed by atoms with Gasteiger partial charge < -0.3 is 9.84 Å². The third-order valence-corrected chi connectivity index (χ3v) is 2.57. The highest BCUT2D eigenvalue weighted by atomic mass is 35.5. The van der Waals surface area contributed by atoms with Crippen LogP contribution < -0.4 is 0 Å². The third kappa shape index (κ3) is 2.08. The van der Waals surface area contributed by atoms with Crippen LogP contribution >= 0.6 is 11.6 Å². The number of nitrogens with zero attached hydrogens (tertiary/aromatic N) is 2. The molecule has 1 N–H and O–H groups in total. The van der Waals surface area contributed by atoms with Crippen LogP contribution in [0, 0.1) is 0 Å². The van der Waals surface area contributed by atoms with Crippen molar-refractivity contribution in [3.05, 3.63) is 16.9 Å². The number of methoxy groups -OCH3 is 1. The van der Waals surface area contributed by atoms with Gasteiger partial charge in [-0.3, -0.25) is 4.68 Å². The minimum Gasteiger partial charge on any atom is -0.384 e. The molecule has 0 bridgehead atoms. The van der Waals surface area contributed by atoms with Crippen LogP contribution in [-0.2, 0) is 11.8 Å². The molecule has 14 heavy (non-hydrogen) atoms. The van der Waals surface area contributed by atoms with E-state index in [0.717, 1.165) is 6.42 Å². The van der Waals surface area contributed by atoms with Gasteiger partial charge in [-0.1, -0.05) is 18.5 Å². The van der Waals surface area contributed by atoms with Crippen LogP contribution in [0.25, 0.3) is 0 Å². The van der Waals surface area contributed by atoms with Crippen molar-refractivity contribution in [2.24, 2.45) is 7.05 Å². The Labute approximate surface area is 88.4 Å². The first-order chi connectivity index (χ1) is 6.61. The first-order valence-corrected chi connectivity index (χ1v) is 4.87. The highest BCUT2D eigenvalue weighted by Gasteiger charge is 2.24. The lowest BCUT2D eigenvalue weighted by atomic mass is 10.1. The number of aliphatic hydroxyl groups excluding tert-OH is 1. The van der Waals surface area contributed by atoms with Crippen molar-refractivity contribution in [3.63, 3.8) is 0 Å². The lowest BCUT2D eigenvalue weighted by Crippen LogP contribution is -2.22. The van der Waals surface area contributed by atoms with E-state index in [1.54, 1.807) is 18.8 Å². The fourth-order valence-electron chi connectivity index (χ4n) is 1.45. The van der Waals surface area contributed by atoms with E-state index in [4.69, 9.17) is 16.3 Å².